The van der Waals surface area contributed by atoms with Gasteiger partial charge in [-0.1, -0.05) is 12.1 Å². The predicted octanol–water partition coefficient (Wildman–Crippen LogP) is 2.53. The minimum Gasteiger partial charge on any atom is -0.462 e. The number of nitrogen functional groups attached to an aromatic ring is 1. The van der Waals surface area contributed by atoms with Crippen LogP contribution in [0.2, 0.25) is 0 Å². The molecule has 3 rings (SSSR count). The van der Waals surface area contributed by atoms with Crippen LogP contribution in [0.1, 0.15) is 20.8 Å². The fraction of sp³-hybridized carbons (Fsp3) is 0.286. The van der Waals surface area contributed by atoms with Crippen molar-refractivity contribution in [3.8, 4) is 16.9 Å². The quantitative estimate of drug-likeness (QED) is 0.731. The average molecular weight is 277 g/mol. The molecule has 0 fully saturated rings. The van der Waals surface area contributed by atoms with Gasteiger partial charge in [-0.15, -0.1) is 5.10 Å². The number of fused-ring (bicyclic) bond motifs is 1. The van der Waals surface area contributed by atoms with Gasteiger partial charge in [-0.3, -0.25) is 4.79 Å². The summed E-state index contributed by atoms with van der Waals surface area (Å²) in [5.41, 5.74) is 7.86. The average Bonchev–Trinajstić information content (AvgIpc) is 2.94. The molecule has 2 N–H and O–H groups in total. The number of aromatic nitrogens is 2. The maximum absolute atomic E-state index is 12.8. The molecule has 0 radical (unpaired) electrons. The maximum Gasteiger partial charge on any atom is 0.293 e. The Labute approximate surface area is 116 Å². The summed E-state index contributed by atoms with van der Waals surface area (Å²) in [5, 5.41) is 3.92. The molecule has 1 aromatic rings. The second-order valence-corrected chi connectivity index (χ2v) is 5.33. The van der Waals surface area contributed by atoms with Crippen LogP contribution in [0.25, 0.3) is 16.9 Å². The van der Waals surface area contributed by atoms with Crippen molar-refractivity contribution in [2.24, 2.45) is 0 Å². The van der Waals surface area contributed by atoms with Gasteiger partial charge < -0.3 is 10.5 Å². The minimum atomic E-state index is -0.318. The minimum absolute atomic E-state index is 0.239. The SMILES string of the molecule is CC(C)(C)OC=O.Nc1nn2c(-c3cccc(F)c3)c1-2. The fourth-order valence-electron chi connectivity index (χ4n) is 1.64. The van der Waals surface area contributed by atoms with Crippen LogP contribution >= 0.6 is 0 Å². The van der Waals surface area contributed by atoms with Gasteiger partial charge in [0.25, 0.3) is 6.47 Å². The highest BCUT2D eigenvalue weighted by molar-refractivity contribution is 5.88. The first-order valence-electron chi connectivity index (χ1n) is 6.10. The van der Waals surface area contributed by atoms with Crippen LogP contribution in [0.5, 0.6) is 0 Å². The van der Waals surface area contributed by atoms with E-state index in [2.05, 4.69) is 9.84 Å². The Bertz CT molecular complexity index is 644. The van der Waals surface area contributed by atoms with E-state index in [0.29, 0.717) is 12.3 Å². The summed E-state index contributed by atoms with van der Waals surface area (Å²) in [6, 6.07) is 6.40. The lowest BCUT2D eigenvalue weighted by Gasteiger charge is -2.14. The van der Waals surface area contributed by atoms with Gasteiger partial charge in [-0.05, 0) is 32.9 Å². The molecular formula is C14H16FN3O2. The summed E-state index contributed by atoms with van der Waals surface area (Å²) in [7, 11) is 0. The van der Waals surface area contributed by atoms with Crippen molar-refractivity contribution in [1.82, 2.24) is 9.78 Å². The zero-order valence-electron chi connectivity index (χ0n) is 11.6. The number of hydrogen-bond acceptors (Lipinski definition) is 4. The van der Waals surface area contributed by atoms with Gasteiger partial charge >= 0.3 is 0 Å². The lowest BCUT2D eigenvalue weighted by molar-refractivity contribution is -0.138. The summed E-state index contributed by atoms with van der Waals surface area (Å²) < 4.78 is 19.1. The fourth-order valence-corrected chi connectivity index (χ4v) is 1.64. The molecule has 2 aliphatic rings. The molecular weight excluding hydrogens is 261 g/mol. The van der Waals surface area contributed by atoms with Gasteiger partial charge in [0, 0.05) is 5.56 Å². The molecule has 5 nitrogen and oxygen atoms in total. The Kier molecular flexibility index (Phi) is 3.48. The molecule has 0 bridgehead atoms. The van der Waals surface area contributed by atoms with Crippen molar-refractivity contribution in [3.63, 3.8) is 0 Å². The van der Waals surface area contributed by atoms with Crippen LogP contribution in [0, 0.1) is 5.82 Å². The molecule has 6 heteroatoms. The number of carbonyl (C=O) groups is 1. The second-order valence-electron chi connectivity index (χ2n) is 5.33. The summed E-state index contributed by atoms with van der Waals surface area (Å²) in [6.45, 7) is 5.92. The Balaban J connectivity index is 0.000000182. The number of halogens is 1. The molecule has 0 spiro atoms. The Hall–Kier alpha value is -2.37. The lowest BCUT2D eigenvalue weighted by Crippen LogP contribution is -2.17. The van der Waals surface area contributed by atoms with Gasteiger partial charge in [0.2, 0.25) is 0 Å². The van der Waals surface area contributed by atoms with E-state index in [4.69, 9.17) is 5.73 Å². The van der Waals surface area contributed by atoms with E-state index in [-0.39, 0.29) is 11.4 Å². The molecule has 2 aliphatic heterocycles. The Morgan fingerprint density at radius 2 is 2.10 bits per heavy atom. The van der Waals surface area contributed by atoms with E-state index in [9.17, 15) is 9.18 Å². The summed E-state index contributed by atoms with van der Waals surface area (Å²) in [5.74, 6) is 0.302. The number of ether oxygens (including phenoxy) is 1. The zero-order valence-corrected chi connectivity index (χ0v) is 11.6. The highest BCUT2D eigenvalue weighted by atomic mass is 19.1. The molecule has 0 saturated heterocycles. The van der Waals surface area contributed by atoms with E-state index < -0.39 is 0 Å². The number of nitrogens with two attached hydrogens (primary N) is 1. The van der Waals surface area contributed by atoms with Crippen molar-refractivity contribution in [2.75, 3.05) is 5.73 Å². The first kappa shape index (κ1) is 14.0. The van der Waals surface area contributed by atoms with Gasteiger partial charge in [-0.2, -0.15) is 0 Å². The van der Waals surface area contributed by atoms with Gasteiger partial charge in [0.1, 0.15) is 22.8 Å². The van der Waals surface area contributed by atoms with Crippen LogP contribution in [0.3, 0.4) is 0 Å². The molecule has 1 aromatic carbocycles. The van der Waals surface area contributed by atoms with Crippen LogP contribution in [0.4, 0.5) is 10.2 Å². The predicted molar refractivity (Wildman–Crippen MR) is 73.8 cm³/mol. The van der Waals surface area contributed by atoms with E-state index in [1.165, 1.54) is 12.1 Å². The zero-order chi connectivity index (χ0) is 14.9. The number of nitrogens with zero attached hydrogens (tertiary/aromatic N) is 2. The smallest absolute Gasteiger partial charge is 0.293 e. The van der Waals surface area contributed by atoms with Gasteiger partial charge in [0.05, 0.1) is 0 Å². The molecule has 20 heavy (non-hydrogen) atoms. The van der Waals surface area contributed by atoms with Gasteiger partial charge in [0.15, 0.2) is 5.82 Å². The molecule has 0 atom stereocenters. The third-order valence-electron chi connectivity index (χ3n) is 2.55. The number of benzene rings is 1. The van der Waals surface area contributed by atoms with E-state index in [1.807, 2.05) is 26.8 Å². The molecule has 0 amide bonds. The van der Waals surface area contributed by atoms with Gasteiger partial charge in [-0.25, -0.2) is 9.07 Å². The highest BCUT2D eigenvalue weighted by Gasteiger charge is 2.33. The summed E-state index contributed by atoms with van der Waals surface area (Å²) in [6.07, 6.45) is 0. The standard InChI is InChI=1S/C9H6FN3.C5H10O2/c10-6-3-1-2-5(4-6)7-8-9(11)12-13(7)8;1-5(2,3)7-4-6/h1-4H,(H2,11,12);4H,1-3H3. The van der Waals surface area contributed by atoms with Crippen molar-refractivity contribution in [3.05, 3.63) is 30.1 Å². The summed E-state index contributed by atoms with van der Waals surface area (Å²) >= 11 is 0. The third-order valence-corrected chi connectivity index (χ3v) is 2.55. The van der Waals surface area contributed by atoms with Crippen LogP contribution in [-0.4, -0.2) is 21.9 Å². The monoisotopic (exact) mass is 277 g/mol. The Morgan fingerprint density at radius 3 is 2.45 bits per heavy atom. The number of carbonyl (C=O) groups excluding carboxylic acids is 1. The van der Waals surface area contributed by atoms with Crippen LogP contribution in [-0.2, 0) is 9.53 Å². The van der Waals surface area contributed by atoms with Crippen molar-refractivity contribution in [2.45, 2.75) is 26.4 Å². The van der Waals surface area contributed by atoms with Crippen LogP contribution in [0.15, 0.2) is 24.3 Å². The largest absolute Gasteiger partial charge is 0.462 e. The maximum atomic E-state index is 12.8. The second kappa shape index (κ2) is 4.96. The van der Waals surface area contributed by atoms with E-state index in [0.717, 1.165) is 16.9 Å². The normalized spacial score (nSPS) is 11.4. The number of anilines is 1. The highest BCUT2D eigenvalue weighted by Crippen LogP contribution is 2.44. The Morgan fingerprint density at radius 1 is 1.40 bits per heavy atom. The van der Waals surface area contributed by atoms with Crippen LogP contribution < -0.4 is 5.73 Å². The van der Waals surface area contributed by atoms with E-state index in [1.54, 1.807) is 10.7 Å². The molecule has 0 aliphatic carbocycles. The molecule has 106 valence electrons. The molecule has 0 unspecified atom stereocenters. The summed E-state index contributed by atoms with van der Waals surface area (Å²) in [4.78, 5) is 9.60. The molecule has 2 heterocycles. The topological polar surface area (TPSA) is 70.1 Å². The number of hydrogen-bond donors (Lipinski definition) is 1. The van der Waals surface area contributed by atoms with Crippen molar-refractivity contribution in [1.29, 1.82) is 0 Å². The molecule has 0 saturated carbocycles. The first-order chi connectivity index (χ1) is 9.33. The lowest BCUT2D eigenvalue weighted by atomic mass is 10.2. The first-order valence-corrected chi connectivity index (χ1v) is 6.10. The van der Waals surface area contributed by atoms with Crippen molar-refractivity contribution >= 4 is 12.3 Å². The molecule has 0 aromatic heterocycles. The third kappa shape index (κ3) is 2.96. The number of rotatable bonds is 2. The van der Waals surface area contributed by atoms with Crippen molar-refractivity contribution < 1.29 is 13.9 Å². The van der Waals surface area contributed by atoms with E-state index >= 15 is 0 Å².